The molecule has 18 heavy (non-hydrogen) atoms. The lowest BCUT2D eigenvalue weighted by Gasteiger charge is -2.02. The number of carbonyl (C=O) groups excluding carboxylic acids is 3. The SMILES string of the molecule is CCOC(=O)C(=O)CC(=O)c1cc(F)cc(Cl)c1. The van der Waals surface area contributed by atoms with Gasteiger partial charge in [0.1, 0.15) is 5.82 Å². The molecule has 0 saturated carbocycles. The van der Waals surface area contributed by atoms with Crippen LogP contribution < -0.4 is 0 Å². The van der Waals surface area contributed by atoms with E-state index in [1.165, 1.54) is 6.07 Å². The van der Waals surface area contributed by atoms with Gasteiger partial charge in [-0.2, -0.15) is 0 Å². The topological polar surface area (TPSA) is 60.4 Å². The Morgan fingerprint density at radius 2 is 1.94 bits per heavy atom. The third kappa shape index (κ3) is 3.92. The first-order chi connectivity index (χ1) is 8.43. The van der Waals surface area contributed by atoms with Crippen molar-refractivity contribution in [2.45, 2.75) is 13.3 Å². The van der Waals surface area contributed by atoms with Gasteiger partial charge in [0.25, 0.3) is 0 Å². The van der Waals surface area contributed by atoms with Crippen molar-refractivity contribution in [3.63, 3.8) is 0 Å². The highest BCUT2D eigenvalue weighted by atomic mass is 35.5. The first kappa shape index (κ1) is 14.3. The molecule has 0 bridgehead atoms. The maximum Gasteiger partial charge on any atom is 0.375 e. The molecule has 4 nitrogen and oxygen atoms in total. The van der Waals surface area contributed by atoms with E-state index in [2.05, 4.69) is 4.74 Å². The van der Waals surface area contributed by atoms with Crippen LogP contribution in [0, 0.1) is 5.82 Å². The molecule has 1 aromatic carbocycles. The van der Waals surface area contributed by atoms with E-state index >= 15 is 0 Å². The van der Waals surface area contributed by atoms with Crippen molar-refractivity contribution < 1.29 is 23.5 Å². The number of halogens is 2. The van der Waals surface area contributed by atoms with E-state index in [-0.39, 0.29) is 17.2 Å². The van der Waals surface area contributed by atoms with E-state index in [1.807, 2.05) is 0 Å². The van der Waals surface area contributed by atoms with Gasteiger partial charge in [0.2, 0.25) is 5.78 Å². The fraction of sp³-hybridized carbons (Fsp3) is 0.250. The monoisotopic (exact) mass is 272 g/mol. The molecule has 1 aromatic rings. The van der Waals surface area contributed by atoms with Crippen molar-refractivity contribution in [3.8, 4) is 0 Å². The molecule has 0 atom stereocenters. The Morgan fingerprint density at radius 1 is 1.28 bits per heavy atom. The average molecular weight is 273 g/mol. The van der Waals surface area contributed by atoms with E-state index in [1.54, 1.807) is 6.92 Å². The summed E-state index contributed by atoms with van der Waals surface area (Å²) in [5.41, 5.74) is -0.0577. The molecule has 0 aliphatic carbocycles. The van der Waals surface area contributed by atoms with Crippen LogP contribution in [0.3, 0.4) is 0 Å². The van der Waals surface area contributed by atoms with Crippen LogP contribution in [0.15, 0.2) is 18.2 Å². The molecule has 0 aromatic heterocycles. The van der Waals surface area contributed by atoms with Crippen molar-refractivity contribution in [1.29, 1.82) is 0 Å². The van der Waals surface area contributed by atoms with E-state index in [0.717, 1.165) is 12.1 Å². The molecule has 0 aliphatic heterocycles. The summed E-state index contributed by atoms with van der Waals surface area (Å²) in [7, 11) is 0. The molecule has 0 amide bonds. The Labute approximate surface area is 108 Å². The highest BCUT2D eigenvalue weighted by molar-refractivity contribution is 6.38. The van der Waals surface area contributed by atoms with Crippen molar-refractivity contribution in [2.75, 3.05) is 6.61 Å². The third-order valence-corrected chi connectivity index (χ3v) is 2.23. The third-order valence-electron chi connectivity index (χ3n) is 2.01. The average Bonchev–Trinajstić information content (AvgIpc) is 2.27. The molecule has 0 aliphatic rings. The van der Waals surface area contributed by atoms with Crippen molar-refractivity contribution in [3.05, 3.63) is 34.6 Å². The van der Waals surface area contributed by atoms with Crippen molar-refractivity contribution in [1.82, 2.24) is 0 Å². The van der Waals surface area contributed by atoms with Crippen LogP contribution >= 0.6 is 11.6 Å². The number of rotatable bonds is 5. The molecular weight excluding hydrogens is 263 g/mol. The molecule has 96 valence electrons. The molecule has 6 heteroatoms. The van der Waals surface area contributed by atoms with Gasteiger partial charge in [-0.1, -0.05) is 11.6 Å². The lowest BCUT2D eigenvalue weighted by molar-refractivity contribution is -0.153. The van der Waals surface area contributed by atoms with Crippen LogP contribution in [0.4, 0.5) is 4.39 Å². The van der Waals surface area contributed by atoms with E-state index in [0.29, 0.717) is 0 Å². The minimum absolute atomic E-state index is 0.0435. The highest BCUT2D eigenvalue weighted by Gasteiger charge is 2.20. The van der Waals surface area contributed by atoms with Crippen LogP contribution in [-0.4, -0.2) is 24.1 Å². The normalized spacial score (nSPS) is 9.94. The Kier molecular flexibility index (Phi) is 4.97. The zero-order chi connectivity index (χ0) is 13.7. The molecule has 0 heterocycles. The fourth-order valence-corrected chi connectivity index (χ4v) is 1.47. The fourth-order valence-electron chi connectivity index (χ4n) is 1.25. The first-order valence-corrected chi connectivity index (χ1v) is 5.51. The lowest BCUT2D eigenvalue weighted by atomic mass is 10.1. The van der Waals surface area contributed by atoms with Crippen LogP contribution in [-0.2, 0) is 14.3 Å². The minimum Gasteiger partial charge on any atom is -0.460 e. The van der Waals surface area contributed by atoms with E-state index in [9.17, 15) is 18.8 Å². The van der Waals surface area contributed by atoms with Gasteiger partial charge in [-0.25, -0.2) is 9.18 Å². The summed E-state index contributed by atoms with van der Waals surface area (Å²) < 4.78 is 17.4. The van der Waals surface area contributed by atoms with Gasteiger partial charge in [0, 0.05) is 10.6 Å². The van der Waals surface area contributed by atoms with Gasteiger partial charge in [-0.05, 0) is 25.1 Å². The Morgan fingerprint density at radius 3 is 2.50 bits per heavy atom. The van der Waals surface area contributed by atoms with Crippen LogP contribution in [0.1, 0.15) is 23.7 Å². The second kappa shape index (κ2) is 6.26. The number of ether oxygens (including phenoxy) is 1. The molecule has 0 saturated heterocycles. The van der Waals surface area contributed by atoms with E-state index < -0.39 is 29.8 Å². The number of carbonyl (C=O) groups is 3. The zero-order valence-electron chi connectivity index (χ0n) is 9.54. The number of hydrogen-bond acceptors (Lipinski definition) is 4. The van der Waals surface area contributed by atoms with Gasteiger partial charge in [-0.15, -0.1) is 0 Å². The zero-order valence-corrected chi connectivity index (χ0v) is 10.3. The largest absolute Gasteiger partial charge is 0.460 e. The van der Waals surface area contributed by atoms with Crippen molar-refractivity contribution in [2.24, 2.45) is 0 Å². The van der Waals surface area contributed by atoms with Crippen LogP contribution in [0.25, 0.3) is 0 Å². The summed E-state index contributed by atoms with van der Waals surface area (Å²) in [4.78, 5) is 33.9. The lowest BCUT2D eigenvalue weighted by Crippen LogP contribution is -2.20. The summed E-state index contributed by atoms with van der Waals surface area (Å²) >= 11 is 5.57. The predicted molar refractivity (Wildman–Crippen MR) is 62.0 cm³/mol. The second-order valence-corrected chi connectivity index (χ2v) is 3.84. The minimum atomic E-state index is -1.08. The highest BCUT2D eigenvalue weighted by Crippen LogP contribution is 2.15. The molecular formula is C12H10ClFO4. The number of hydrogen-bond donors (Lipinski definition) is 0. The maximum absolute atomic E-state index is 13.0. The summed E-state index contributed by atoms with van der Waals surface area (Å²) in [6.45, 7) is 1.59. The number of ketones is 2. The summed E-state index contributed by atoms with van der Waals surface area (Å²) in [5.74, 6) is -3.42. The molecule has 0 unspecified atom stereocenters. The smallest absolute Gasteiger partial charge is 0.375 e. The summed E-state index contributed by atoms with van der Waals surface area (Å²) in [6.07, 6.45) is -0.668. The number of benzene rings is 1. The Hall–Kier alpha value is -1.75. The quantitative estimate of drug-likeness (QED) is 0.357. The van der Waals surface area contributed by atoms with Gasteiger partial charge in [0.15, 0.2) is 5.78 Å². The molecule has 0 N–H and O–H groups in total. The second-order valence-electron chi connectivity index (χ2n) is 3.40. The summed E-state index contributed by atoms with van der Waals surface area (Å²) in [6, 6.07) is 3.21. The van der Waals surface area contributed by atoms with E-state index in [4.69, 9.17) is 11.6 Å². The number of esters is 1. The van der Waals surface area contributed by atoms with Crippen LogP contribution in [0.5, 0.6) is 0 Å². The molecule has 1 rings (SSSR count). The Balaban J connectivity index is 2.76. The molecule has 0 spiro atoms. The molecule has 0 radical (unpaired) electrons. The summed E-state index contributed by atoms with van der Waals surface area (Å²) in [5, 5.41) is 0.0435. The van der Waals surface area contributed by atoms with Crippen LogP contribution in [0.2, 0.25) is 5.02 Å². The number of Topliss-reactive ketones (excluding diaryl/α,β-unsaturated/α-hetero) is 2. The van der Waals surface area contributed by atoms with Crippen molar-refractivity contribution >= 4 is 29.1 Å². The maximum atomic E-state index is 13.0. The van der Waals surface area contributed by atoms with Gasteiger partial charge < -0.3 is 4.74 Å². The van der Waals surface area contributed by atoms with Gasteiger partial charge in [0.05, 0.1) is 13.0 Å². The van der Waals surface area contributed by atoms with Gasteiger partial charge in [-0.3, -0.25) is 9.59 Å². The first-order valence-electron chi connectivity index (χ1n) is 5.13. The Bertz CT molecular complexity index is 479. The van der Waals surface area contributed by atoms with Gasteiger partial charge >= 0.3 is 5.97 Å². The molecule has 0 fully saturated rings. The predicted octanol–water partition coefficient (Wildman–Crippen LogP) is 2.18. The standard InChI is InChI=1S/C12H10ClFO4/c1-2-18-12(17)11(16)6-10(15)7-3-8(13)5-9(14)4-7/h3-5H,2,6H2,1H3.